The molecule has 0 amide bonds. The number of carboxylic acid groups (broad SMARTS) is 1. The molecule has 0 aromatic heterocycles. The van der Waals surface area contributed by atoms with Crippen molar-refractivity contribution in [1.82, 2.24) is 0 Å². The first-order valence-electron chi connectivity index (χ1n) is 7.72. The molecule has 1 aromatic carbocycles. The Morgan fingerprint density at radius 2 is 1.73 bits per heavy atom. The van der Waals surface area contributed by atoms with E-state index in [9.17, 15) is 14.7 Å². The highest BCUT2D eigenvalue weighted by Gasteiger charge is 2.32. The van der Waals surface area contributed by atoms with Crippen molar-refractivity contribution in [2.24, 2.45) is 11.3 Å². The third-order valence-electron chi connectivity index (χ3n) is 4.10. The summed E-state index contributed by atoms with van der Waals surface area (Å²) in [5.74, 6) is -1.30. The van der Waals surface area contributed by atoms with Crippen LogP contribution in [0.5, 0.6) is 0 Å². The molecule has 0 saturated carbocycles. The second-order valence-corrected chi connectivity index (χ2v) is 6.72. The molecule has 0 aliphatic carbocycles. The quantitative estimate of drug-likeness (QED) is 0.759. The molecule has 1 rings (SSSR count). The normalized spacial score (nSPS) is 13.0. The highest BCUT2D eigenvalue weighted by Crippen LogP contribution is 2.32. The Morgan fingerprint density at radius 1 is 1.18 bits per heavy atom. The van der Waals surface area contributed by atoms with Crippen LogP contribution in [0.15, 0.2) is 24.3 Å². The van der Waals surface area contributed by atoms with Crippen LogP contribution in [0, 0.1) is 11.3 Å². The second kappa shape index (κ2) is 7.43. The van der Waals surface area contributed by atoms with Crippen molar-refractivity contribution in [3.05, 3.63) is 35.4 Å². The van der Waals surface area contributed by atoms with Crippen LogP contribution in [0.2, 0.25) is 0 Å². The van der Waals surface area contributed by atoms with Gasteiger partial charge >= 0.3 is 11.9 Å². The summed E-state index contributed by atoms with van der Waals surface area (Å²) in [7, 11) is 0. The van der Waals surface area contributed by atoms with Crippen molar-refractivity contribution in [2.45, 2.75) is 53.6 Å². The monoisotopic (exact) mass is 306 g/mol. The Hall–Kier alpha value is -1.84. The first-order chi connectivity index (χ1) is 10.2. The summed E-state index contributed by atoms with van der Waals surface area (Å²) in [6.45, 7) is 10.4. The number of carboxylic acids is 1. The molecule has 0 radical (unpaired) electrons. The Balaban J connectivity index is 3.04. The van der Waals surface area contributed by atoms with Crippen LogP contribution in [-0.2, 0) is 4.74 Å². The highest BCUT2D eigenvalue weighted by molar-refractivity contribution is 6.02. The van der Waals surface area contributed by atoms with Gasteiger partial charge in [-0.25, -0.2) is 9.59 Å². The van der Waals surface area contributed by atoms with Crippen molar-refractivity contribution in [1.29, 1.82) is 0 Å². The van der Waals surface area contributed by atoms with Gasteiger partial charge in [-0.15, -0.1) is 0 Å². The van der Waals surface area contributed by atoms with Crippen molar-refractivity contribution in [3.63, 3.8) is 0 Å². The Bertz CT molecular complexity index is 532. The molecule has 0 fully saturated rings. The smallest absolute Gasteiger partial charge is 0.339 e. The molecule has 4 nitrogen and oxygen atoms in total. The Morgan fingerprint density at radius 3 is 2.18 bits per heavy atom. The zero-order chi connectivity index (χ0) is 16.9. The molecule has 1 unspecified atom stereocenters. The number of hydrogen-bond donors (Lipinski definition) is 1. The first-order valence-corrected chi connectivity index (χ1v) is 7.72. The van der Waals surface area contributed by atoms with Crippen molar-refractivity contribution < 1.29 is 19.4 Å². The lowest BCUT2D eigenvalue weighted by molar-refractivity contribution is -0.0175. The van der Waals surface area contributed by atoms with Gasteiger partial charge in [0.15, 0.2) is 0 Å². The minimum absolute atomic E-state index is 0.0231. The van der Waals surface area contributed by atoms with Gasteiger partial charge in [-0.1, -0.05) is 46.8 Å². The summed E-state index contributed by atoms with van der Waals surface area (Å²) in [4.78, 5) is 23.7. The number of ether oxygens (including phenoxy) is 1. The predicted octanol–water partition coefficient (Wildman–Crippen LogP) is 4.39. The number of esters is 1. The van der Waals surface area contributed by atoms with Crippen LogP contribution in [0.4, 0.5) is 0 Å². The average molecular weight is 306 g/mol. The predicted molar refractivity (Wildman–Crippen MR) is 86.1 cm³/mol. The van der Waals surface area contributed by atoms with Gasteiger partial charge in [-0.2, -0.15) is 0 Å². The summed E-state index contributed by atoms with van der Waals surface area (Å²) < 4.78 is 5.69. The van der Waals surface area contributed by atoms with Crippen LogP contribution >= 0.6 is 0 Å². The molecule has 1 aromatic rings. The Kier molecular flexibility index (Phi) is 6.15. The average Bonchev–Trinajstić information content (AvgIpc) is 2.45. The molecular weight excluding hydrogens is 280 g/mol. The second-order valence-electron chi connectivity index (χ2n) is 6.72. The van der Waals surface area contributed by atoms with Crippen LogP contribution < -0.4 is 0 Å². The number of benzene rings is 1. The van der Waals surface area contributed by atoms with Gasteiger partial charge < -0.3 is 9.84 Å². The molecule has 0 spiro atoms. The fraction of sp³-hybridized carbons (Fsp3) is 0.556. The van der Waals surface area contributed by atoms with Crippen LogP contribution in [0.25, 0.3) is 0 Å². The topological polar surface area (TPSA) is 63.6 Å². The van der Waals surface area contributed by atoms with Crippen molar-refractivity contribution in [3.8, 4) is 0 Å². The lowest BCUT2D eigenvalue weighted by Crippen LogP contribution is -2.35. The molecular formula is C18H26O4. The van der Waals surface area contributed by atoms with E-state index in [1.807, 2.05) is 0 Å². The third kappa shape index (κ3) is 4.58. The van der Waals surface area contributed by atoms with Gasteiger partial charge in [0.25, 0.3) is 0 Å². The third-order valence-corrected chi connectivity index (χ3v) is 4.10. The molecule has 0 aliphatic rings. The van der Waals surface area contributed by atoms with Gasteiger partial charge in [0.2, 0.25) is 0 Å². The SMILES string of the molecule is CCC(C)(C)C(CC(C)C)OC(=O)c1ccccc1C(=O)O. The Labute approximate surface area is 132 Å². The van der Waals surface area contributed by atoms with Crippen LogP contribution in [-0.4, -0.2) is 23.1 Å². The maximum absolute atomic E-state index is 12.4. The molecule has 0 saturated heterocycles. The van der Waals surface area contributed by atoms with E-state index in [2.05, 4.69) is 34.6 Å². The standard InChI is InChI=1S/C18H26O4/c1-6-18(4,5)15(11-12(2)3)22-17(21)14-10-8-7-9-13(14)16(19)20/h7-10,12,15H,6,11H2,1-5H3,(H,19,20). The van der Waals surface area contributed by atoms with Gasteiger partial charge in [0.1, 0.15) is 6.10 Å². The van der Waals surface area contributed by atoms with Crippen molar-refractivity contribution >= 4 is 11.9 Å². The molecule has 122 valence electrons. The van der Waals surface area contributed by atoms with Gasteiger partial charge in [0, 0.05) is 5.41 Å². The fourth-order valence-electron chi connectivity index (χ4n) is 2.22. The lowest BCUT2D eigenvalue weighted by atomic mass is 9.80. The number of carbonyl (C=O) groups is 2. The van der Waals surface area contributed by atoms with Gasteiger partial charge in [-0.05, 0) is 30.9 Å². The summed E-state index contributed by atoms with van der Waals surface area (Å²) in [6, 6.07) is 6.16. The highest BCUT2D eigenvalue weighted by atomic mass is 16.5. The van der Waals surface area contributed by atoms with E-state index >= 15 is 0 Å². The van der Waals surface area contributed by atoms with E-state index in [0.29, 0.717) is 5.92 Å². The molecule has 1 atom stereocenters. The van der Waals surface area contributed by atoms with Crippen molar-refractivity contribution in [2.75, 3.05) is 0 Å². The molecule has 0 heterocycles. The maximum Gasteiger partial charge on any atom is 0.339 e. The number of carbonyl (C=O) groups excluding carboxylic acids is 1. The summed E-state index contributed by atoms with van der Waals surface area (Å²) >= 11 is 0. The maximum atomic E-state index is 12.4. The fourth-order valence-corrected chi connectivity index (χ4v) is 2.22. The number of aromatic carboxylic acids is 1. The van der Waals surface area contributed by atoms with Gasteiger partial charge in [-0.3, -0.25) is 0 Å². The molecule has 0 bridgehead atoms. The van der Waals surface area contributed by atoms with Crippen LogP contribution in [0.1, 0.15) is 68.2 Å². The minimum Gasteiger partial charge on any atom is -0.478 e. The molecule has 22 heavy (non-hydrogen) atoms. The molecule has 1 N–H and O–H groups in total. The van der Waals surface area contributed by atoms with E-state index in [-0.39, 0.29) is 22.6 Å². The molecule has 4 heteroatoms. The largest absolute Gasteiger partial charge is 0.478 e. The van der Waals surface area contributed by atoms with E-state index in [1.54, 1.807) is 12.1 Å². The first kappa shape index (κ1) is 18.2. The van der Waals surface area contributed by atoms with E-state index < -0.39 is 11.9 Å². The summed E-state index contributed by atoms with van der Waals surface area (Å²) in [5, 5.41) is 9.19. The number of rotatable bonds is 7. The van der Waals surface area contributed by atoms with Crippen LogP contribution in [0.3, 0.4) is 0 Å². The molecule has 0 aliphatic heterocycles. The summed E-state index contributed by atoms with van der Waals surface area (Å²) in [5.41, 5.74) is -0.0706. The zero-order valence-electron chi connectivity index (χ0n) is 14.1. The van der Waals surface area contributed by atoms with E-state index in [0.717, 1.165) is 12.8 Å². The lowest BCUT2D eigenvalue weighted by Gasteiger charge is -2.34. The minimum atomic E-state index is -1.12. The van der Waals surface area contributed by atoms with E-state index in [1.165, 1.54) is 12.1 Å². The zero-order valence-corrected chi connectivity index (χ0v) is 14.1. The van der Waals surface area contributed by atoms with E-state index in [4.69, 9.17) is 4.74 Å². The summed E-state index contributed by atoms with van der Waals surface area (Å²) in [6.07, 6.45) is 1.38. The van der Waals surface area contributed by atoms with Gasteiger partial charge in [0.05, 0.1) is 11.1 Å². The number of hydrogen-bond acceptors (Lipinski definition) is 3.